The van der Waals surface area contributed by atoms with Crippen molar-refractivity contribution in [3.05, 3.63) is 71.7 Å². The summed E-state index contributed by atoms with van der Waals surface area (Å²) >= 11 is 0. The Balaban J connectivity index is 1.25. The molecular formula is C23H24FNO3. The van der Waals surface area contributed by atoms with Gasteiger partial charge in [0.2, 0.25) is 0 Å². The second-order valence-corrected chi connectivity index (χ2v) is 7.67. The van der Waals surface area contributed by atoms with Gasteiger partial charge in [0.25, 0.3) is 5.91 Å². The first-order valence-electron chi connectivity index (χ1n) is 9.78. The first-order chi connectivity index (χ1) is 13.6. The molecule has 28 heavy (non-hydrogen) atoms. The summed E-state index contributed by atoms with van der Waals surface area (Å²) in [6.45, 7) is 1.17. The fourth-order valence-corrected chi connectivity index (χ4v) is 3.98. The number of benzene rings is 2. The Morgan fingerprint density at radius 3 is 2.75 bits per heavy atom. The summed E-state index contributed by atoms with van der Waals surface area (Å²) in [5.74, 6) is 1.31. The van der Waals surface area contributed by atoms with Crippen LogP contribution in [0.5, 0.6) is 11.5 Å². The number of rotatable bonds is 5. The van der Waals surface area contributed by atoms with Gasteiger partial charge in [0.1, 0.15) is 17.3 Å². The number of halogens is 1. The zero-order valence-electron chi connectivity index (χ0n) is 15.7. The number of hydrogen-bond acceptors (Lipinski definition) is 3. The Morgan fingerprint density at radius 1 is 1.14 bits per heavy atom. The van der Waals surface area contributed by atoms with Gasteiger partial charge in [-0.05, 0) is 67.3 Å². The van der Waals surface area contributed by atoms with E-state index in [1.807, 2.05) is 6.20 Å². The van der Waals surface area contributed by atoms with Crippen LogP contribution in [-0.4, -0.2) is 22.5 Å². The summed E-state index contributed by atoms with van der Waals surface area (Å²) in [4.78, 5) is 14.1. The minimum absolute atomic E-state index is 0.0562. The number of aromatic hydroxyl groups is 1. The molecule has 4 rings (SSSR count). The number of carbonyl (C=O) groups excluding carboxylic acids is 1. The highest BCUT2D eigenvalue weighted by Gasteiger charge is 2.26. The third-order valence-electron chi connectivity index (χ3n) is 5.64. The molecule has 0 bridgehead atoms. The van der Waals surface area contributed by atoms with Crippen molar-refractivity contribution in [2.24, 2.45) is 11.8 Å². The van der Waals surface area contributed by atoms with Gasteiger partial charge >= 0.3 is 0 Å². The lowest BCUT2D eigenvalue weighted by atomic mass is 9.82. The van der Waals surface area contributed by atoms with E-state index in [1.54, 1.807) is 29.2 Å². The van der Waals surface area contributed by atoms with E-state index in [0.29, 0.717) is 36.3 Å². The molecule has 1 aliphatic heterocycles. The topological polar surface area (TPSA) is 49.8 Å². The van der Waals surface area contributed by atoms with Crippen LogP contribution in [0, 0.1) is 17.7 Å². The van der Waals surface area contributed by atoms with Crippen molar-refractivity contribution < 1.29 is 19.0 Å². The van der Waals surface area contributed by atoms with E-state index >= 15 is 0 Å². The Hall–Kier alpha value is -2.82. The van der Waals surface area contributed by atoms with Crippen LogP contribution in [0.1, 0.15) is 41.6 Å². The van der Waals surface area contributed by atoms with Gasteiger partial charge < -0.3 is 14.7 Å². The van der Waals surface area contributed by atoms with Gasteiger partial charge in [-0.1, -0.05) is 18.2 Å². The zero-order valence-corrected chi connectivity index (χ0v) is 15.7. The highest BCUT2D eigenvalue weighted by Crippen LogP contribution is 2.31. The molecule has 1 aliphatic carbocycles. The number of allylic oxidation sites excluding steroid dienone is 1. The predicted molar refractivity (Wildman–Crippen MR) is 104 cm³/mol. The van der Waals surface area contributed by atoms with E-state index in [9.17, 15) is 14.3 Å². The van der Waals surface area contributed by atoms with Gasteiger partial charge in [0.15, 0.2) is 0 Å². The molecule has 4 nitrogen and oxygen atoms in total. The largest absolute Gasteiger partial charge is 0.508 e. The van der Waals surface area contributed by atoms with Gasteiger partial charge in [-0.3, -0.25) is 4.79 Å². The predicted octanol–water partition coefficient (Wildman–Crippen LogP) is 4.89. The van der Waals surface area contributed by atoms with Crippen LogP contribution in [-0.2, 0) is 6.54 Å². The van der Waals surface area contributed by atoms with Crippen molar-refractivity contribution in [3.63, 3.8) is 0 Å². The molecule has 2 aromatic carbocycles. The number of phenolic OH excluding ortho intramolecular Hbond substituents is 1. The van der Waals surface area contributed by atoms with Gasteiger partial charge in [-0.2, -0.15) is 0 Å². The first-order valence-corrected chi connectivity index (χ1v) is 9.78. The van der Waals surface area contributed by atoms with Crippen molar-refractivity contribution >= 4 is 5.91 Å². The number of ether oxygens (including phenoxy) is 1. The molecule has 2 aromatic rings. The summed E-state index contributed by atoms with van der Waals surface area (Å²) in [5.41, 5.74) is 1.54. The number of hydrogen-bond donors (Lipinski definition) is 1. The summed E-state index contributed by atoms with van der Waals surface area (Å²) in [7, 11) is 0. The summed E-state index contributed by atoms with van der Waals surface area (Å²) in [5, 5.41) is 9.57. The third-order valence-corrected chi connectivity index (χ3v) is 5.64. The molecule has 146 valence electrons. The van der Waals surface area contributed by atoms with E-state index < -0.39 is 0 Å². The lowest BCUT2D eigenvalue weighted by Gasteiger charge is -2.27. The van der Waals surface area contributed by atoms with Crippen molar-refractivity contribution in [2.75, 3.05) is 6.61 Å². The minimum Gasteiger partial charge on any atom is -0.508 e. The molecule has 0 spiro atoms. The monoisotopic (exact) mass is 381 g/mol. The number of fused-ring (bicyclic) bond motifs is 1. The lowest BCUT2D eigenvalue weighted by molar-refractivity contribution is 0.0841. The van der Waals surface area contributed by atoms with E-state index in [0.717, 1.165) is 31.2 Å². The minimum atomic E-state index is -0.278. The SMILES string of the molecule is O=C1c2cc(O)ccc2CN1C=CC1CCC(COc2cccc(F)c2)CC1. The highest BCUT2D eigenvalue weighted by molar-refractivity contribution is 5.99. The summed E-state index contributed by atoms with van der Waals surface area (Å²) in [6, 6.07) is 11.2. The van der Waals surface area contributed by atoms with Crippen molar-refractivity contribution in [1.29, 1.82) is 0 Å². The number of nitrogens with zero attached hydrogens (tertiary/aromatic N) is 1. The molecule has 2 aliphatic rings. The Bertz CT molecular complexity index is 887. The lowest BCUT2D eigenvalue weighted by Crippen LogP contribution is -2.21. The maximum absolute atomic E-state index is 13.2. The maximum Gasteiger partial charge on any atom is 0.258 e. The molecule has 1 heterocycles. The van der Waals surface area contributed by atoms with Crippen LogP contribution in [0.25, 0.3) is 0 Å². The molecule has 1 fully saturated rings. The van der Waals surface area contributed by atoms with Crippen LogP contribution < -0.4 is 4.74 Å². The standard InChI is InChI=1S/C23H24FNO3/c24-19-2-1-3-21(12-19)28-15-17-6-4-16(5-7-17)10-11-25-14-18-8-9-20(26)13-22(18)23(25)27/h1-3,8-13,16-17,26H,4-7,14-15H2. The summed E-state index contributed by atoms with van der Waals surface area (Å²) in [6.07, 6.45) is 8.27. The van der Waals surface area contributed by atoms with Crippen LogP contribution in [0.15, 0.2) is 54.7 Å². The fraction of sp³-hybridized carbons (Fsp3) is 0.348. The molecule has 0 aromatic heterocycles. The third kappa shape index (κ3) is 4.19. The fourth-order valence-electron chi connectivity index (χ4n) is 3.98. The second kappa shape index (κ2) is 8.05. The van der Waals surface area contributed by atoms with E-state index in [1.165, 1.54) is 18.2 Å². The molecule has 0 radical (unpaired) electrons. The van der Waals surface area contributed by atoms with Crippen molar-refractivity contribution in [1.82, 2.24) is 4.90 Å². The average Bonchev–Trinajstić information content (AvgIpc) is 3.01. The summed E-state index contributed by atoms with van der Waals surface area (Å²) < 4.78 is 18.9. The van der Waals surface area contributed by atoms with Crippen LogP contribution in [0.2, 0.25) is 0 Å². The first kappa shape index (κ1) is 18.5. The molecule has 1 saturated carbocycles. The molecule has 1 N–H and O–H groups in total. The molecule has 0 atom stereocenters. The average molecular weight is 381 g/mol. The van der Waals surface area contributed by atoms with Crippen molar-refractivity contribution in [3.8, 4) is 11.5 Å². The Morgan fingerprint density at radius 2 is 1.96 bits per heavy atom. The number of carbonyl (C=O) groups is 1. The van der Waals surface area contributed by atoms with Gasteiger partial charge in [0, 0.05) is 17.8 Å². The number of amides is 1. The molecule has 0 unspecified atom stereocenters. The van der Waals surface area contributed by atoms with Gasteiger partial charge in [0.05, 0.1) is 13.2 Å². The second-order valence-electron chi connectivity index (χ2n) is 7.67. The Labute approximate surface area is 164 Å². The zero-order chi connectivity index (χ0) is 19.5. The van der Waals surface area contributed by atoms with Crippen molar-refractivity contribution in [2.45, 2.75) is 32.2 Å². The number of phenols is 1. The van der Waals surface area contributed by atoms with Crippen LogP contribution >= 0.6 is 0 Å². The molecule has 5 heteroatoms. The Kier molecular flexibility index (Phi) is 5.33. The van der Waals surface area contributed by atoms with Gasteiger partial charge in [-0.15, -0.1) is 0 Å². The molecule has 1 amide bonds. The van der Waals surface area contributed by atoms with E-state index in [-0.39, 0.29) is 17.5 Å². The van der Waals surface area contributed by atoms with E-state index in [2.05, 4.69) is 6.08 Å². The van der Waals surface area contributed by atoms with Crippen LogP contribution in [0.4, 0.5) is 4.39 Å². The molecular weight excluding hydrogens is 357 g/mol. The van der Waals surface area contributed by atoms with Gasteiger partial charge in [-0.25, -0.2) is 4.39 Å². The quantitative estimate of drug-likeness (QED) is 0.803. The smallest absolute Gasteiger partial charge is 0.258 e. The normalized spacial score (nSPS) is 21.9. The van der Waals surface area contributed by atoms with Crippen LogP contribution in [0.3, 0.4) is 0 Å². The highest BCUT2D eigenvalue weighted by atomic mass is 19.1. The maximum atomic E-state index is 13.2. The van der Waals surface area contributed by atoms with E-state index in [4.69, 9.17) is 4.74 Å². The molecule has 0 saturated heterocycles.